The molecule has 1 aliphatic heterocycles. The SMILES string of the molecule is CCNCC1CCN(C(=O)c2cc(COC)on2)CC1.Cl. The van der Waals surface area contributed by atoms with Crippen LogP contribution in [0.5, 0.6) is 0 Å². The summed E-state index contributed by atoms with van der Waals surface area (Å²) in [6.45, 7) is 6.08. The van der Waals surface area contributed by atoms with Gasteiger partial charge >= 0.3 is 0 Å². The maximum absolute atomic E-state index is 12.3. The zero-order valence-corrected chi connectivity index (χ0v) is 13.4. The first-order valence-corrected chi connectivity index (χ1v) is 7.19. The highest BCUT2D eigenvalue weighted by Gasteiger charge is 2.25. The van der Waals surface area contributed by atoms with Crippen molar-refractivity contribution in [3.05, 3.63) is 17.5 Å². The van der Waals surface area contributed by atoms with Gasteiger partial charge in [-0.25, -0.2) is 0 Å². The van der Waals surface area contributed by atoms with E-state index >= 15 is 0 Å². The van der Waals surface area contributed by atoms with Gasteiger partial charge in [0, 0.05) is 26.3 Å². The molecular formula is C14H24ClN3O3. The Morgan fingerprint density at radius 3 is 2.86 bits per heavy atom. The number of likely N-dealkylation sites (tertiary alicyclic amines) is 1. The molecule has 120 valence electrons. The van der Waals surface area contributed by atoms with Gasteiger partial charge in [-0.3, -0.25) is 4.79 Å². The lowest BCUT2D eigenvalue weighted by Gasteiger charge is -2.31. The Morgan fingerprint density at radius 1 is 1.52 bits per heavy atom. The fraction of sp³-hybridized carbons (Fsp3) is 0.714. The highest BCUT2D eigenvalue weighted by molar-refractivity contribution is 5.92. The van der Waals surface area contributed by atoms with E-state index in [1.807, 2.05) is 4.90 Å². The number of halogens is 1. The highest BCUT2D eigenvalue weighted by atomic mass is 35.5. The number of amides is 1. The van der Waals surface area contributed by atoms with Crippen molar-refractivity contribution in [1.82, 2.24) is 15.4 Å². The van der Waals surface area contributed by atoms with E-state index in [0.29, 0.717) is 24.0 Å². The third-order valence-corrected chi connectivity index (χ3v) is 3.65. The second-order valence-electron chi connectivity index (χ2n) is 5.15. The van der Waals surface area contributed by atoms with Gasteiger partial charge in [-0.15, -0.1) is 12.4 Å². The van der Waals surface area contributed by atoms with Crippen LogP contribution in [-0.2, 0) is 11.3 Å². The molecule has 0 spiro atoms. The van der Waals surface area contributed by atoms with Crippen molar-refractivity contribution < 1.29 is 14.1 Å². The molecule has 0 bridgehead atoms. The van der Waals surface area contributed by atoms with Gasteiger partial charge in [0.1, 0.15) is 6.61 Å². The second-order valence-corrected chi connectivity index (χ2v) is 5.15. The first kappa shape index (κ1) is 17.9. The molecule has 1 saturated heterocycles. The Bertz CT molecular complexity index is 431. The predicted molar refractivity (Wildman–Crippen MR) is 81.6 cm³/mol. The van der Waals surface area contributed by atoms with Crippen LogP contribution >= 0.6 is 12.4 Å². The minimum atomic E-state index is -0.0435. The van der Waals surface area contributed by atoms with Crippen LogP contribution in [0, 0.1) is 5.92 Å². The van der Waals surface area contributed by atoms with E-state index in [4.69, 9.17) is 9.26 Å². The second kappa shape index (κ2) is 9.02. The van der Waals surface area contributed by atoms with Crippen LogP contribution in [0.25, 0.3) is 0 Å². The van der Waals surface area contributed by atoms with Crippen LogP contribution in [0.4, 0.5) is 0 Å². The molecule has 0 aliphatic carbocycles. The van der Waals surface area contributed by atoms with Gasteiger partial charge in [0.25, 0.3) is 5.91 Å². The summed E-state index contributed by atoms with van der Waals surface area (Å²) in [6, 6.07) is 1.66. The molecule has 1 aliphatic rings. The van der Waals surface area contributed by atoms with Crippen molar-refractivity contribution >= 4 is 18.3 Å². The number of carbonyl (C=O) groups excluding carboxylic acids is 1. The summed E-state index contributed by atoms with van der Waals surface area (Å²) in [5.41, 5.74) is 0.377. The molecule has 0 aromatic carbocycles. The Labute approximate surface area is 131 Å². The Hall–Kier alpha value is -1.11. The minimum absolute atomic E-state index is 0. The first-order valence-electron chi connectivity index (χ1n) is 7.19. The summed E-state index contributed by atoms with van der Waals surface area (Å²) >= 11 is 0. The summed E-state index contributed by atoms with van der Waals surface area (Å²) in [4.78, 5) is 14.1. The van der Waals surface area contributed by atoms with Crippen molar-refractivity contribution in [2.45, 2.75) is 26.4 Å². The number of piperidine rings is 1. The monoisotopic (exact) mass is 317 g/mol. The van der Waals surface area contributed by atoms with E-state index in [0.717, 1.165) is 39.0 Å². The Morgan fingerprint density at radius 2 is 2.24 bits per heavy atom. The van der Waals surface area contributed by atoms with Crippen molar-refractivity contribution in [2.24, 2.45) is 5.92 Å². The van der Waals surface area contributed by atoms with Gasteiger partial charge < -0.3 is 19.5 Å². The summed E-state index contributed by atoms with van der Waals surface area (Å²) in [5, 5.41) is 7.19. The Balaban J connectivity index is 0.00000220. The fourth-order valence-corrected chi connectivity index (χ4v) is 2.47. The molecule has 2 heterocycles. The van der Waals surface area contributed by atoms with E-state index < -0.39 is 0 Å². The maximum Gasteiger partial charge on any atom is 0.276 e. The van der Waals surface area contributed by atoms with Crippen molar-refractivity contribution in [2.75, 3.05) is 33.3 Å². The smallest absolute Gasteiger partial charge is 0.276 e. The Kier molecular flexibility index (Phi) is 7.71. The lowest BCUT2D eigenvalue weighted by atomic mass is 9.96. The molecule has 1 aromatic heterocycles. The number of hydrogen-bond acceptors (Lipinski definition) is 5. The molecule has 6 nitrogen and oxygen atoms in total. The van der Waals surface area contributed by atoms with Crippen molar-refractivity contribution in [3.63, 3.8) is 0 Å². The van der Waals surface area contributed by atoms with E-state index in [1.54, 1.807) is 13.2 Å². The van der Waals surface area contributed by atoms with E-state index in [9.17, 15) is 4.79 Å². The van der Waals surface area contributed by atoms with Crippen molar-refractivity contribution in [1.29, 1.82) is 0 Å². The molecular weight excluding hydrogens is 294 g/mol. The van der Waals surface area contributed by atoms with Gasteiger partial charge in [0.15, 0.2) is 11.5 Å². The molecule has 1 aromatic rings. The third-order valence-electron chi connectivity index (χ3n) is 3.65. The first-order chi connectivity index (χ1) is 9.74. The lowest BCUT2D eigenvalue weighted by molar-refractivity contribution is 0.0679. The summed E-state index contributed by atoms with van der Waals surface area (Å²) in [5.74, 6) is 1.20. The number of carbonyl (C=O) groups is 1. The zero-order valence-electron chi connectivity index (χ0n) is 12.6. The number of aromatic nitrogens is 1. The molecule has 1 N–H and O–H groups in total. The lowest BCUT2D eigenvalue weighted by Crippen LogP contribution is -2.40. The third kappa shape index (κ3) is 4.98. The molecule has 0 atom stereocenters. The van der Waals surface area contributed by atoms with E-state index in [1.165, 1.54) is 0 Å². The van der Waals surface area contributed by atoms with Crippen LogP contribution in [0.2, 0.25) is 0 Å². The van der Waals surface area contributed by atoms with Gasteiger partial charge in [0.05, 0.1) is 0 Å². The predicted octanol–water partition coefficient (Wildman–Crippen LogP) is 1.70. The molecule has 0 unspecified atom stereocenters. The summed E-state index contributed by atoms with van der Waals surface area (Å²) in [7, 11) is 1.58. The summed E-state index contributed by atoms with van der Waals surface area (Å²) < 4.78 is 10.0. The van der Waals surface area contributed by atoms with Gasteiger partial charge in [0.2, 0.25) is 0 Å². The van der Waals surface area contributed by atoms with Crippen LogP contribution in [-0.4, -0.2) is 49.3 Å². The van der Waals surface area contributed by atoms with Crippen molar-refractivity contribution in [3.8, 4) is 0 Å². The van der Waals surface area contributed by atoms with Gasteiger partial charge in [-0.1, -0.05) is 12.1 Å². The molecule has 0 saturated carbocycles. The number of ether oxygens (including phenoxy) is 1. The number of methoxy groups -OCH3 is 1. The topological polar surface area (TPSA) is 67.6 Å². The highest BCUT2D eigenvalue weighted by Crippen LogP contribution is 2.18. The minimum Gasteiger partial charge on any atom is -0.377 e. The molecule has 7 heteroatoms. The normalized spacial score (nSPS) is 15.8. The van der Waals surface area contributed by atoms with Gasteiger partial charge in [-0.2, -0.15) is 0 Å². The van der Waals surface area contributed by atoms with E-state index in [-0.39, 0.29) is 18.3 Å². The average molecular weight is 318 g/mol. The number of nitrogens with one attached hydrogen (secondary N) is 1. The van der Waals surface area contributed by atoms with Crippen LogP contribution in [0.3, 0.4) is 0 Å². The summed E-state index contributed by atoms with van der Waals surface area (Å²) in [6.07, 6.45) is 2.09. The zero-order chi connectivity index (χ0) is 14.4. The standard InChI is InChI=1S/C14H23N3O3.ClH/c1-3-15-9-11-4-6-17(7-5-11)14(18)13-8-12(10-19-2)20-16-13;/h8,11,15H,3-7,9-10H2,1-2H3;1H. The number of rotatable bonds is 6. The molecule has 0 radical (unpaired) electrons. The molecule has 1 amide bonds. The fourth-order valence-electron chi connectivity index (χ4n) is 2.47. The molecule has 1 fully saturated rings. The largest absolute Gasteiger partial charge is 0.377 e. The van der Waals surface area contributed by atoms with Crippen LogP contribution in [0.15, 0.2) is 10.6 Å². The molecule has 2 rings (SSSR count). The maximum atomic E-state index is 12.3. The van der Waals surface area contributed by atoms with Gasteiger partial charge in [-0.05, 0) is 31.8 Å². The average Bonchev–Trinajstić information content (AvgIpc) is 2.94. The van der Waals surface area contributed by atoms with Crippen LogP contribution < -0.4 is 5.32 Å². The number of hydrogen-bond donors (Lipinski definition) is 1. The van der Waals surface area contributed by atoms with E-state index in [2.05, 4.69) is 17.4 Å². The number of nitrogens with zero attached hydrogens (tertiary/aromatic N) is 2. The molecule has 21 heavy (non-hydrogen) atoms. The van der Waals surface area contributed by atoms with Crippen LogP contribution in [0.1, 0.15) is 36.0 Å². The quantitative estimate of drug-likeness (QED) is 0.865.